The second-order valence-electron chi connectivity index (χ2n) is 4.87. The topological polar surface area (TPSA) is 38.3 Å². The highest BCUT2D eigenvalue weighted by molar-refractivity contribution is 6.42. The van der Waals surface area contributed by atoms with Crippen LogP contribution in [0, 0.1) is 0 Å². The Hall–Kier alpha value is -1.71. The molecule has 108 valence electrons. The fourth-order valence-electron chi connectivity index (χ4n) is 2.31. The minimum atomic E-state index is -0.491. The number of amides is 1. The first-order chi connectivity index (χ1) is 10.1. The van der Waals surface area contributed by atoms with E-state index in [4.69, 9.17) is 27.9 Å². The number of benzene rings is 2. The summed E-state index contributed by atoms with van der Waals surface area (Å²) >= 11 is 11.8. The van der Waals surface area contributed by atoms with E-state index in [1.165, 1.54) is 0 Å². The smallest absolute Gasteiger partial charge is 0.265 e. The number of nitrogens with one attached hydrogen (secondary N) is 1. The van der Waals surface area contributed by atoms with Gasteiger partial charge < -0.3 is 10.1 Å². The van der Waals surface area contributed by atoms with Crippen molar-refractivity contribution in [2.45, 2.75) is 18.9 Å². The molecular weight excluding hydrogens is 309 g/mol. The number of hydrogen-bond acceptors (Lipinski definition) is 2. The average Bonchev–Trinajstić information content (AvgIpc) is 2.50. The normalized spacial score (nSPS) is 16.8. The van der Waals surface area contributed by atoms with Gasteiger partial charge in [-0.3, -0.25) is 4.79 Å². The van der Waals surface area contributed by atoms with Gasteiger partial charge in [0.15, 0.2) is 6.10 Å². The Morgan fingerprint density at radius 3 is 2.76 bits per heavy atom. The zero-order valence-electron chi connectivity index (χ0n) is 11.1. The number of rotatable bonds is 2. The fraction of sp³-hybridized carbons (Fsp3) is 0.188. The van der Waals surface area contributed by atoms with Crippen LogP contribution in [0.1, 0.15) is 12.0 Å². The van der Waals surface area contributed by atoms with E-state index in [0.29, 0.717) is 22.2 Å². The number of hydrogen-bond donors (Lipinski definition) is 1. The van der Waals surface area contributed by atoms with Crippen molar-refractivity contribution in [2.75, 3.05) is 5.32 Å². The number of aryl methyl sites for hydroxylation is 1. The van der Waals surface area contributed by atoms with Crippen molar-refractivity contribution in [3.05, 3.63) is 58.1 Å². The van der Waals surface area contributed by atoms with Crippen LogP contribution < -0.4 is 10.1 Å². The zero-order chi connectivity index (χ0) is 14.8. The third kappa shape index (κ3) is 3.14. The van der Waals surface area contributed by atoms with Crippen molar-refractivity contribution in [2.24, 2.45) is 0 Å². The molecule has 2 aromatic carbocycles. The average molecular weight is 322 g/mol. The molecule has 0 aliphatic carbocycles. The van der Waals surface area contributed by atoms with E-state index in [0.717, 1.165) is 17.7 Å². The molecule has 1 unspecified atom stereocenters. The third-order valence-corrected chi connectivity index (χ3v) is 4.14. The van der Waals surface area contributed by atoms with Gasteiger partial charge in [0, 0.05) is 5.69 Å². The molecule has 0 aromatic heterocycles. The van der Waals surface area contributed by atoms with Gasteiger partial charge in [-0.25, -0.2) is 0 Å². The summed E-state index contributed by atoms with van der Waals surface area (Å²) in [7, 11) is 0. The number of carbonyl (C=O) groups is 1. The SMILES string of the molecule is O=C(Nc1ccc(Cl)c(Cl)c1)C1CCc2ccccc2O1. The van der Waals surface area contributed by atoms with E-state index in [1.807, 2.05) is 24.3 Å². The summed E-state index contributed by atoms with van der Waals surface area (Å²) in [6.45, 7) is 0. The molecule has 1 N–H and O–H groups in total. The van der Waals surface area contributed by atoms with E-state index in [-0.39, 0.29) is 5.91 Å². The minimum absolute atomic E-state index is 0.178. The number of anilines is 1. The van der Waals surface area contributed by atoms with Crippen LogP contribution in [0.2, 0.25) is 10.0 Å². The van der Waals surface area contributed by atoms with Gasteiger partial charge in [0.05, 0.1) is 10.0 Å². The number of fused-ring (bicyclic) bond motifs is 1. The van der Waals surface area contributed by atoms with Crippen LogP contribution >= 0.6 is 23.2 Å². The van der Waals surface area contributed by atoms with Gasteiger partial charge >= 0.3 is 0 Å². The van der Waals surface area contributed by atoms with E-state index in [1.54, 1.807) is 18.2 Å². The van der Waals surface area contributed by atoms with E-state index >= 15 is 0 Å². The zero-order valence-corrected chi connectivity index (χ0v) is 12.6. The lowest BCUT2D eigenvalue weighted by Gasteiger charge is -2.25. The van der Waals surface area contributed by atoms with Crippen molar-refractivity contribution in [1.29, 1.82) is 0 Å². The summed E-state index contributed by atoms with van der Waals surface area (Å²) in [4.78, 5) is 12.3. The van der Waals surface area contributed by atoms with Crippen LogP contribution in [-0.4, -0.2) is 12.0 Å². The molecule has 0 saturated carbocycles. The predicted octanol–water partition coefficient (Wildman–Crippen LogP) is 4.33. The van der Waals surface area contributed by atoms with Crippen molar-refractivity contribution in [3.8, 4) is 5.75 Å². The molecule has 2 aromatic rings. The van der Waals surface area contributed by atoms with E-state index in [9.17, 15) is 4.79 Å². The molecule has 1 aliphatic rings. The van der Waals surface area contributed by atoms with Crippen LogP contribution in [0.4, 0.5) is 5.69 Å². The molecule has 1 amide bonds. The van der Waals surface area contributed by atoms with Crippen molar-refractivity contribution < 1.29 is 9.53 Å². The van der Waals surface area contributed by atoms with Gasteiger partial charge in [0.2, 0.25) is 0 Å². The quantitative estimate of drug-likeness (QED) is 0.894. The standard InChI is InChI=1S/C16H13Cl2NO2/c17-12-7-6-11(9-13(12)18)19-16(20)15-8-5-10-3-1-2-4-14(10)21-15/h1-4,6-7,9,15H,5,8H2,(H,19,20). The molecule has 0 radical (unpaired) electrons. The Kier molecular flexibility index (Phi) is 4.04. The molecule has 1 aliphatic heterocycles. The molecule has 1 atom stereocenters. The monoisotopic (exact) mass is 321 g/mol. The Morgan fingerprint density at radius 2 is 1.95 bits per heavy atom. The van der Waals surface area contributed by atoms with Crippen LogP contribution in [-0.2, 0) is 11.2 Å². The number of para-hydroxylation sites is 1. The molecule has 0 bridgehead atoms. The van der Waals surface area contributed by atoms with Gasteiger partial charge in [-0.05, 0) is 42.7 Å². The Balaban J connectivity index is 1.70. The molecule has 0 saturated heterocycles. The van der Waals surface area contributed by atoms with E-state index in [2.05, 4.69) is 5.32 Å². The lowest BCUT2D eigenvalue weighted by Crippen LogP contribution is -2.35. The highest BCUT2D eigenvalue weighted by Crippen LogP contribution is 2.28. The molecule has 3 nitrogen and oxygen atoms in total. The van der Waals surface area contributed by atoms with Crippen LogP contribution in [0.5, 0.6) is 5.75 Å². The fourth-order valence-corrected chi connectivity index (χ4v) is 2.60. The molecule has 1 heterocycles. The number of ether oxygens (including phenoxy) is 1. The first-order valence-corrected chi connectivity index (χ1v) is 7.39. The maximum atomic E-state index is 12.3. The second kappa shape index (κ2) is 5.96. The highest BCUT2D eigenvalue weighted by atomic mass is 35.5. The van der Waals surface area contributed by atoms with Gasteiger partial charge in [0.1, 0.15) is 5.75 Å². The first kappa shape index (κ1) is 14.2. The molecule has 21 heavy (non-hydrogen) atoms. The summed E-state index contributed by atoms with van der Waals surface area (Å²) < 4.78 is 5.75. The lowest BCUT2D eigenvalue weighted by atomic mass is 10.0. The number of carbonyl (C=O) groups excluding carboxylic acids is 1. The van der Waals surface area contributed by atoms with Crippen LogP contribution in [0.15, 0.2) is 42.5 Å². The van der Waals surface area contributed by atoms with Gasteiger partial charge in [-0.2, -0.15) is 0 Å². The summed E-state index contributed by atoms with van der Waals surface area (Å²) in [5.74, 6) is 0.598. The maximum absolute atomic E-state index is 12.3. The number of halogens is 2. The Labute approximate surface area is 132 Å². The predicted molar refractivity (Wildman–Crippen MR) is 84.3 cm³/mol. The van der Waals surface area contributed by atoms with Crippen molar-refractivity contribution >= 4 is 34.8 Å². The molecular formula is C16H13Cl2NO2. The molecule has 0 spiro atoms. The van der Waals surface area contributed by atoms with Gasteiger partial charge in [-0.15, -0.1) is 0 Å². The Bertz CT molecular complexity index is 688. The van der Waals surface area contributed by atoms with Crippen molar-refractivity contribution in [3.63, 3.8) is 0 Å². The maximum Gasteiger partial charge on any atom is 0.265 e. The molecule has 0 fully saturated rings. The second-order valence-corrected chi connectivity index (χ2v) is 5.69. The summed E-state index contributed by atoms with van der Waals surface area (Å²) in [6.07, 6.45) is 0.995. The minimum Gasteiger partial charge on any atom is -0.480 e. The third-order valence-electron chi connectivity index (χ3n) is 3.40. The first-order valence-electron chi connectivity index (χ1n) is 6.64. The van der Waals surface area contributed by atoms with Crippen LogP contribution in [0.3, 0.4) is 0 Å². The molecule has 3 rings (SSSR count). The van der Waals surface area contributed by atoms with Crippen LogP contribution in [0.25, 0.3) is 0 Å². The van der Waals surface area contributed by atoms with Gasteiger partial charge in [0.25, 0.3) is 5.91 Å². The highest BCUT2D eigenvalue weighted by Gasteiger charge is 2.25. The Morgan fingerprint density at radius 1 is 1.14 bits per heavy atom. The van der Waals surface area contributed by atoms with E-state index < -0.39 is 6.10 Å². The summed E-state index contributed by atoms with van der Waals surface area (Å²) in [5, 5.41) is 3.67. The molecule has 5 heteroatoms. The van der Waals surface area contributed by atoms with Gasteiger partial charge in [-0.1, -0.05) is 41.4 Å². The van der Waals surface area contributed by atoms with Crippen molar-refractivity contribution in [1.82, 2.24) is 0 Å². The summed E-state index contributed by atoms with van der Waals surface area (Å²) in [5.41, 5.74) is 1.74. The largest absolute Gasteiger partial charge is 0.480 e. The summed E-state index contributed by atoms with van der Waals surface area (Å²) in [6, 6.07) is 12.8. The lowest BCUT2D eigenvalue weighted by molar-refractivity contribution is -0.123.